The minimum absolute atomic E-state index is 0. The van der Waals surface area contributed by atoms with Crippen LogP contribution in [0, 0.1) is 41.5 Å². The Balaban J connectivity index is 0.000000490. The fourth-order valence-electron chi connectivity index (χ4n) is 3.71. The van der Waals surface area contributed by atoms with E-state index in [1.807, 2.05) is 0 Å². The summed E-state index contributed by atoms with van der Waals surface area (Å²) in [6.45, 7) is 13.0. The molecule has 0 N–H and O–H groups in total. The number of hydrogen-bond donors (Lipinski definition) is 0. The monoisotopic (exact) mass is 486 g/mol. The van der Waals surface area contributed by atoms with Crippen LogP contribution in [0.2, 0.25) is 0 Å². The Morgan fingerprint density at radius 2 is 0.862 bits per heavy atom. The van der Waals surface area contributed by atoms with Crippen LogP contribution in [-0.2, 0) is 21.7 Å². The summed E-state index contributed by atoms with van der Waals surface area (Å²) in [5.41, 5.74) is 8.25. The predicted octanol–water partition coefficient (Wildman–Crippen LogP) is -1.44. The van der Waals surface area contributed by atoms with Gasteiger partial charge in [0.1, 0.15) is 0 Å². The Bertz CT molecular complexity index is 1030. The van der Waals surface area contributed by atoms with Gasteiger partial charge in [0, 0.05) is 20.5 Å². The van der Waals surface area contributed by atoms with Crippen molar-refractivity contribution in [3.05, 3.63) is 69.8 Å². The number of hydrogen-bond acceptors (Lipinski definition) is 0. The van der Waals surface area contributed by atoms with Gasteiger partial charge in [-0.2, -0.15) is 21.5 Å². The molecule has 0 aliphatic rings. The first-order chi connectivity index (χ1) is 12.2. The van der Waals surface area contributed by atoms with E-state index in [9.17, 15) is 0 Å². The van der Waals surface area contributed by atoms with E-state index in [1.54, 1.807) is 0 Å². The second-order valence-electron chi connectivity index (χ2n) is 7.31. The largest absolute Gasteiger partial charge is 4.00 e. The average molecular weight is 487 g/mol. The van der Waals surface area contributed by atoms with E-state index in [4.69, 9.17) is 0 Å². The van der Waals surface area contributed by atoms with Gasteiger partial charge in [0.25, 0.3) is 0 Å². The number of aryl methyl sites for hydroxylation is 6. The number of halogens is 2. The third-order valence-electron chi connectivity index (χ3n) is 5.69. The van der Waals surface area contributed by atoms with Gasteiger partial charge in [-0.25, -0.2) is 0 Å². The van der Waals surface area contributed by atoms with Gasteiger partial charge in [-0.3, -0.25) is 0 Å². The summed E-state index contributed by atoms with van der Waals surface area (Å²) in [5, 5.41) is 7.92. The molecule has 0 bridgehead atoms. The normalized spacial score (nSPS) is 9.93. The van der Waals surface area contributed by atoms with Crippen molar-refractivity contribution in [3.63, 3.8) is 0 Å². The van der Waals surface area contributed by atoms with E-state index in [0.717, 1.165) is 0 Å². The van der Waals surface area contributed by atoms with Gasteiger partial charge in [0.15, 0.2) is 0 Å². The molecule has 0 fully saturated rings. The molecule has 4 rings (SSSR count). The zero-order valence-corrected chi connectivity index (χ0v) is 22.8. The molecule has 0 aliphatic heterocycles. The van der Waals surface area contributed by atoms with Crippen LogP contribution in [0.1, 0.15) is 33.4 Å². The fourth-order valence-corrected chi connectivity index (χ4v) is 4.27. The van der Waals surface area contributed by atoms with Crippen LogP contribution < -0.4 is 35.2 Å². The molecule has 29 heavy (non-hydrogen) atoms. The van der Waals surface area contributed by atoms with Gasteiger partial charge in [0.05, 0.1) is 0 Å². The molecule has 0 saturated carbocycles. The molecule has 4 aromatic rings. The van der Waals surface area contributed by atoms with Crippen LogP contribution in [0.25, 0.3) is 21.5 Å². The molecule has 4 aromatic carbocycles. The first-order valence-corrected chi connectivity index (χ1v) is 9.98. The minimum Gasteiger partial charge on any atom is -1.00 e. The maximum absolute atomic E-state index is 3.62. The molecule has 146 valence electrons. The Morgan fingerprint density at radius 3 is 1.17 bits per heavy atom. The average Bonchev–Trinajstić information content (AvgIpc) is 3.05. The van der Waals surface area contributed by atoms with Crippen molar-refractivity contribution in [2.45, 2.75) is 41.5 Å². The van der Waals surface area contributed by atoms with Crippen LogP contribution in [-0.4, -0.2) is 20.5 Å². The Morgan fingerprint density at radius 1 is 0.552 bits per heavy atom. The Labute approximate surface area is 209 Å². The molecule has 0 saturated heterocycles. The molecule has 0 atom stereocenters. The van der Waals surface area contributed by atoms with Gasteiger partial charge in [-0.15, -0.1) is 57.9 Å². The van der Waals surface area contributed by atoms with Crippen molar-refractivity contribution in [2.24, 2.45) is 0 Å². The van der Waals surface area contributed by atoms with E-state index in [1.165, 1.54) is 65.3 Å². The van der Waals surface area contributed by atoms with Crippen LogP contribution in [0.5, 0.6) is 0 Å². The summed E-state index contributed by atoms with van der Waals surface area (Å²) < 4.78 is 0. The van der Waals surface area contributed by atoms with E-state index >= 15 is 0 Å². The smallest absolute Gasteiger partial charge is 1.00 e. The summed E-state index contributed by atoms with van der Waals surface area (Å²) in [5.74, 6) is 0. The Kier molecular flexibility index (Phi) is 10.9. The molecule has 0 nitrogen and oxygen atoms in total. The first-order valence-electron chi connectivity index (χ1n) is 8.98. The van der Waals surface area contributed by atoms with Gasteiger partial charge in [0.2, 0.25) is 0 Å². The molecule has 0 aromatic heterocycles. The first kappa shape index (κ1) is 28.4. The summed E-state index contributed by atoms with van der Waals surface area (Å²) >= 11 is 0. The summed E-state index contributed by atoms with van der Waals surface area (Å²) in [7, 11) is 7.24. The van der Waals surface area contributed by atoms with Gasteiger partial charge in [-0.1, -0.05) is 36.1 Å². The number of fused-ring (bicyclic) bond motifs is 2. The summed E-state index contributed by atoms with van der Waals surface area (Å²) in [6.07, 6.45) is 0. The van der Waals surface area contributed by atoms with Crippen LogP contribution in [0.4, 0.5) is 0 Å². The van der Waals surface area contributed by atoms with E-state index < -0.39 is 0 Å². The van der Waals surface area contributed by atoms with E-state index in [2.05, 4.69) is 98.4 Å². The van der Waals surface area contributed by atoms with Crippen molar-refractivity contribution in [3.8, 4) is 0 Å². The van der Waals surface area contributed by atoms with Crippen LogP contribution in [0.3, 0.4) is 0 Å². The molecule has 0 spiro atoms. The van der Waals surface area contributed by atoms with E-state index in [-0.39, 0.29) is 46.5 Å². The molecule has 0 heterocycles. The maximum atomic E-state index is 3.62. The van der Waals surface area contributed by atoms with Crippen molar-refractivity contribution in [2.75, 3.05) is 0 Å². The molecular weight excluding hydrogens is 463 g/mol. The molecule has 5 heteroatoms. The summed E-state index contributed by atoms with van der Waals surface area (Å²) in [4.78, 5) is 0. The van der Waals surface area contributed by atoms with Gasteiger partial charge < -0.3 is 24.8 Å². The third kappa shape index (κ3) is 5.36. The standard InChI is InChI=1S/2C12H12Si.2ClH.Ti/c2*1-7-4-5-10-6-11(13)9(3)12(10)8(7)2;;;/h2*4-6H,1-3H3;2*1H;/q2*-1;;;+4/p-2. The molecule has 6 radical (unpaired) electrons. The predicted molar refractivity (Wildman–Crippen MR) is 118 cm³/mol. The van der Waals surface area contributed by atoms with Crippen molar-refractivity contribution in [1.82, 2.24) is 0 Å². The van der Waals surface area contributed by atoms with Gasteiger partial charge >= 0.3 is 21.7 Å². The SMILES string of the molecule is Cc1ccc2[cH-]c([Si])c(C)c2c1C.Cc1ccc2[cH-]c([Si])c(C)c2c1C.[Cl-].[Cl-].[Ti+4]. The van der Waals surface area contributed by atoms with Crippen molar-refractivity contribution < 1.29 is 46.5 Å². The molecule has 0 amide bonds. The second-order valence-corrected chi connectivity index (χ2v) is 8.39. The maximum Gasteiger partial charge on any atom is 4.00 e. The fraction of sp³-hybridized carbons (Fsp3) is 0.250. The number of benzene rings is 2. The Hall–Kier alpha value is -0.612. The minimum atomic E-state index is 0. The number of rotatable bonds is 0. The molecular formula is C24H24Cl2Si2Ti. The topological polar surface area (TPSA) is 0 Å². The van der Waals surface area contributed by atoms with Gasteiger partial charge in [-0.05, 0) is 27.7 Å². The van der Waals surface area contributed by atoms with Crippen molar-refractivity contribution >= 4 is 52.4 Å². The van der Waals surface area contributed by atoms with Crippen molar-refractivity contribution in [1.29, 1.82) is 0 Å². The zero-order valence-electron chi connectivity index (χ0n) is 17.7. The van der Waals surface area contributed by atoms with E-state index in [0.29, 0.717) is 0 Å². The van der Waals surface area contributed by atoms with Crippen LogP contribution in [0.15, 0.2) is 36.4 Å². The summed E-state index contributed by atoms with van der Waals surface area (Å²) in [6, 6.07) is 13.1. The molecule has 0 unspecified atom stereocenters. The zero-order chi connectivity index (χ0) is 19.2. The molecule has 0 aliphatic carbocycles. The van der Waals surface area contributed by atoms with Crippen LogP contribution >= 0.6 is 0 Å². The second kappa shape index (κ2) is 11.1. The quantitative estimate of drug-likeness (QED) is 0.211. The third-order valence-corrected chi connectivity index (χ3v) is 6.73.